The molecule has 0 aliphatic carbocycles. The molecule has 0 unspecified atom stereocenters. The highest BCUT2D eigenvalue weighted by atomic mass is 15.2. The average molecular weight is 536 g/mol. The molecule has 0 amide bonds. The van der Waals surface area contributed by atoms with E-state index in [9.17, 15) is 0 Å². The van der Waals surface area contributed by atoms with Gasteiger partial charge in [-0.3, -0.25) is 4.57 Å². The maximum Gasteiger partial charge on any atom is 0.145 e. The van der Waals surface area contributed by atoms with Crippen LogP contribution in [0.3, 0.4) is 0 Å². The van der Waals surface area contributed by atoms with Gasteiger partial charge in [0.25, 0.3) is 0 Å². The first-order valence-electron chi connectivity index (χ1n) is 14.3. The van der Waals surface area contributed by atoms with Crippen molar-refractivity contribution in [3.05, 3.63) is 152 Å². The predicted molar refractivity (Wildman–Crippen MR) is 175 cm³/mol. The van der Waals surface area contributed by atoms with Crippen LogP contribution in [-0.4, -0.2) is 9.55 Å². The van der Waals surface area contributed by atoms with Crippen molar-refractivity contribution in [2.45, 2.75) is 0 Å². The molecule has 0 saturated heterocycles. The van der Waals surface area contributed by atoms with Gasteiger partial charge in [-0.1, -0.05) is 109 Å². The van der Waals surface area contributed by atoms with Gasteiger partial charge < -0.3 is 4.90 Å². The Bertz CT molecular complexity index is 2300. The van der Waals surface area contributed by atoms with E-state index in [2.05, 4.69) is 155 Å². The maximum atomic E-state index is 5.13. The highest BCUT2D eigenvalue weighted by Crippen LogP contribution is 2.48. The van der Waals surface area contributed by atoms with E-state index in [1.807, 2.05) is 6.07 Å². The first-order chi connectivity index (χ1) is 20.8. The second-order valence-corrected chi connectivity index (χ2v) is 10.8. The lowest BCUT2D eigenvalue weighted by Gasteiger charge is -2.33. The minimum Gasteiger partial charge on any atom is -0.306 e. The summed E-state index contributed by atoms with van der Waals surface area (Å²) in [7, 11) is 0. The Hall–Kier alpha value is -5.67. The van der Waals surface area contributed by atoms with Crippen molar-refractivity contribution in [3.8, 4) is 28.2 Å². The Morgan fingerprint density at radius 1 is 0.452 bits per heavy atom. The van der Waals surface area contributed by atoms with Crippen LogP contribution in [-0.2, 0) is 0 Å². The van der Waals surface area contributed by atoms with Gasteiger partial charge in [0.1, 0.15) is 5.82 Å². The smallest absolute Gasteiger partial charge is 0.145 e. The Balaban J connectivity index is 1.23. The van der Waals surface area contributed by atoms with E-state index < -0.39 is 0 Å². The van der Waals surface area contributed by atoms with E-state index in [-0.39, 0.29) is 0 Å². The number of rotatable bonds is 3. The molecule has 1 aromatic heterocycles. The molecule has 0 atom stereocenters. The van der Waals surface area contributed by atoms with Crippen molar-refractivity contribution in [2.24, 2.45) is 0 Å². The molecule has 0 spiro atoms. The van der Waals surface area contributed by atoms with Crippen LogP contribution in [0.2, 0.25) is 0 Å². The topological polar surface area (TPSA) is 21.1 Å². The molecule has 3 nitrogen and oxygen atoms in total. The number of aromatic nitrogens is 2. The molecule has 3 heteroatoms. The molecular weight excluding hydrogens is 510 g/mol. The van der Waals surface area contributed by atoms with Gasteiger partial charge in [0, 0.05) is 11.3 Å². The van der Waals surface area contributed by atoms with Crippen LogP contribution in [0.25, 0.3) is 60.8 Å². The summed E-state index contributed by atoms with van der Waals surface area (Å²) in [5.41, 5.74) is 10.2. The van der Waals surface area contributed by atoms with Crippen LogP contribution in [0.4, 0.5) is 17.1 Å². The Kier molecular flexibility index (Phi) is 4.90. The van der Waals surface area contributed by atoms with Gasteiger partial charge in [0.2, 0.25) is 0 Å². The summed E-state index contributed by atoms with van der Waals surface area (Å²) < 4.78 is 2.32. The van der Waals surface area contributed by atoms with Crippen molar-refractivity contribution in [1.82, 2.24) is 9.55 Å². The van der Waals surface area contributed by atoms with E-state index in [0.29, 0.717) is 0 Å². The predicted octanol–water partition coefficient (Wildman–Crippen LogP) is 10.4. The summed E-state index contributed by atoms with van der Waals surface area (Å²) in [6.45, 7) is 0. The molecule has 0 bridgehead atoms. The molecule has 0 fully saturated rings. The maximum absolute atomic E-state index is 5.13. The number of nitrogens with zero attached hydrogens (tertiary/aromatic N) is 3. The summed E-state index contributed by atoms with van der Waals surface area (Å²) >= 11 is 0. The highest BCUT2D eigenvalue weighted by molar-refractivity contribution is 6.14. The number of benzene rings is 7. The number of para-hydroxylation sites is 3. The Labute approximate surface area is 243 Å². The van der Waals surface area contributed by atoms with Crippen molar-refractivity contribution < 1.29 is 0 Å². The first-order valence-corrected chi connectivity index (χ1v) is 14.3. The third kappa shape index (κ3) is 3.31. The quantitative estimate of drug-likeness (QED) is 0.210. The van der Waals surface area contributed by atoms with Gasteiger partial charge in [0.15, 0.2) is 0 Å². The third-order valence-electron chi connectivity index (χ3n) is 8.50. The number of imidazole rings is 1. The summed E-state index contributed by atoms with van der Waals surface area (Å²) in [6.07, 6.45) is 0. The van der Waals surface area contributed by atoms with Gasteiger partial charge >= 0.3 is 0 Å². The minimum atomic E-state index is 0.962. The van der Waals surface area contributed by atoms with Gasteiger partial charge in [-0.15, -0.1) is 0 Å². The van der Waals surface area contributed by atoms with E-state index in [0.717, 1.165) is 45.2 Å². The fourth-order valence-electron chi connectivity index (χ4n) is 6.64. The van der Waals surface area contributed by atoms with Gasteiger partial charge in [-0.05, 0) is 75.1 Å². The second-order valence-electron chi connectivity index (χ2n) is 10.8. The SMILES string of the molecule is c1ccc(-c2nc3cccc4c3n2-c2ccccc2N4c2ccc(-c3cc4ccccc4c4ccccc34)cc2)cc1. The standard InChI is InChI=1S/C39H25N3/c1-2-11-27(12-3-1)39-40-34-17-10-20-37-38(34)42(39)36-19-9-8-18-35(36)41(37)29-23-21-26(22-24-29)33-25-28-13-4-5-14-30(28)31-15-6-7-16-32(31)33/h1-25H. The zero-order chi connectivity index (χ0) is 27.6. The monoisotopic (exact) mass is 535 g/mol. The van der Waals surface area contributed by atoms with E-state index >= 15 is 0 Å². The average Bonchev–Trinajstić information content (AvgIpc) is 3.46. The van der Waals surface area contributed by atoms with E-state index in [1.165, 1.54) is 32.7 Å². The molecule has 7 aromatic carbocycles. The summed E-state index contributed by atoms with van der Waals surface area (Å²) in [5.74, 6) is 0.962. The lowest BCUT2D eigenvalue weighted by atomic mass is 9.93. The largest absolute Gasteiger partial charge is 0.306 e. The molecule has 0 N–H and O–H groups in total. The fraction of sp³-hybridized carbons (Fsp3) is 0. The fourth-order valence-corrected chi connectivity index (χ4v) is 6.64. The molecule has 42 heavy (non-hydrogen) atoms. The van der Waals surface area contributed by atoms with E-state index in [1.54, 1.807) is 0 Å². The zero-order valence-corrected chi connectivity index (χ0v) is 22.8. The van der Waals surface area contributed by atoms with Crippen molar-refractivity contribution >= 4 is 49.6 Å². The Morgan fingerprint density at radius 3 is 1.95 bits per heavy atom. The van der Waals surface area contributed by atoms with Crippen molar-refractivity contribution in [2.75, 3.05) is 4.90 Å². The lowest BCUT2D eigenvalue weighted by Crippen LogP contribution is -2.18. The molecule has 8 aromatic rings. The highest BCUT2D eigenvalue weighted by Gasteiger charge is 2.29. The van der Waals surface area contributed by atoms with Crippen LogP contribution < -0.4 is 4.90 Å². The number of fused-ring (bicyclic) bond motifs is 5. The van der Waals surface area contributed by atoms with Crippen molar-refractivity contribution in [1.29, 1.82) is 0 Å². The van der Waals surface area contributed by atoms with E-state index in [4.69, 9.17) is 4.98 Å². The molecule has 1 aliphatic heterocycles. The van der Waals surface area contributed by atoms with Crippen LogP contribution in [0.5, 0.6) is 0 Å². The van der Waals surface area contributed by atoms with Crippen LogP contribution >= 0.6 is 0 Å². The number of hydrogen-bond donors (Lipinski definition) is 0. The van der Waals surface area contributed by atoms with Crippen LogP contribution in [0.15, 0.2) is 152 Å². The van der Waals surface area contributed by atoms with Gasteiger partial charge in [0.05, 0.1) is 28.1 Å². The molecule has 2 heterocycles. The summed E-state index contributed by atoms with van der Waals surface area (Å²) in [5, 5.41) is 5.11. The molecular formula is C39H25N3. The molecule has 1 aliphatic rings. The third-order valence-corrected chi connectivity index (χ3v) is 8.50. The molecule has 0 saturated carbocycles. The second kappa shape index (κ2) is 8.92. The van der Waals surface area contributed by atoms with Gasteiger partial charge in [-0.25, -0.2) is 4.98 Å². The molecule has 196 valence electrons. The Morgan fingerprint density at radius 2 is 1.12 bits per heavy atom. The molecule has 0 radical (unpaired) electrons. The first kappa shape index (κ1) is 23.1. The molecule has 9 rings (SSSR count). The number of anilines is 3. The zero-order valence-electron chi connectivity index (χ0n) is 22.8. The minimum absolute atomic E-state index is 0.962. The summed E-state index contributed by atoms with van der Waals surface area (Å²) in [4.78, 5) is 7.50. The normalized spacial score (nSPS) is 12.2. The van der Waals surface area contributed by atoms with Crippen LogP contribution in [0.1, 0.15) is 0 Å². The van der Waals surface area contributed by atoms with Gasteiger partial charge in [-0.2, -0.15) is 0 Å². The lowest BCUT2D eigenvalue weighted by molar-refractivity contribution is 1.06. The number of hydrogen-bond acceptors (Lipinski definition) is 2. The summed E-state index contributed by atoms with van der Waals surface area (Å²) in [6, 6.07) is 54.2. The van der Waals surface area contributed by atoms with Crippen LogP contribution in [0, 0.1) is 0 Å². The van der Waals surface area contributed by atoms with Crippen molar-refractivity contribution in [3.63, 3.8) is 0 Å².